The van der Waals surface area contributed by atoms with E-state index in [-0.39, 0.29) is 6.10 Å². The van der Waals surface area contributed by atoms with Crippen LogP contribution in [0.3, 0.4) is 0 Å². The predicted molar refractivity (Wildman–Crippen MR) is 76.1 cm³/mol. The zero-order chi connectivity index (χ0) is 13.4. The SMILES string of the molecule is Cc1cccc(C2CC(O)c3cc(Br)ccc3O2)n1. The number of halogens is 1. The summed E-state index contributed by atoms with van der Waals surface area (Å²) < 4.78 is 6.90. The lowest BCUT2D eigenvalue weighted by Gasteiger charge is -2.29. The van der Waals surface area contributed by atoms with E-state index in [0.29, 0.717) is 6.42 Å². The molecule has 98 valence electrons. The second-order valence-corrected chi connectivity index (χ2v) is 5.66. The molecule has 0 saturated heterocycles. The maximum absolute atomic E-state index is 10.3. The maximum atomic E-state index is 10.3. The molecule has 3 nitrogen and oxygen atoms in total. The molecule has 1 aromatic heterocycles. The minimum atomic E-state index is -0.520. The van der Waals surface area contributed by atoms with Gasteiger partial charge in [0.1, 0.15) is 11.9 Å². The number of aliphatic hydroxyl groups is 1. The van der Waals surface area contributed by atoms with Crippen LogP contribution in [-0.4, -0.2) is 10.1 Å². The summed E-state index contributed by atoms with van der Waals surface area (Å²) >= 11 is 3.41. The van der Waals surface area contributed by atoms with E-state index >= 15 is 0 Å². The molecule has 0 radical (unpaired) electrons. The van der Waals surface area contributed by atoms with Crippen LogP contribution in [0.1, 0.15) is 35.6 Å². The third-order valence-electron chi connectivity index (χ3n) is 3.28. The third-order valence-corrected chi connectivity index (χ3v) is 3.77. The Hall–Kier alpha value is -1.39. The molecule has 2 unspecified atom stereocenters. The number of fused-ring (bicyclic) bond motifs is 1. The Bertz CT molecular complexity index is 615. The predicted octanol–water partition coefficient (Wildman–Crippen LogP) is 3.71. The van der Waals surface area contributed by atoms with Crippen LogP contribution in [0.2, 0.25) is 0 Å². The number of benzene rings is 1. The Balaban J connectivity index is 1.95. The summed E-state index contributed by atoms with van der Waals surface area (Å²) in [6.07, 6.45) is -0.183. The van der Waals surface area contributed by atoms with Crippen LogP contribution in [0.15, 0.2) is 40.9 Å². The summed E-state index contributed by atoms with van der Waals surface area (Å²) in [6, 6.07) is 11.6. The number of hydrogen-bond donors (Lipinski definition) is 1. The number of rotatable bonds is 1. The van der Waals surface area contributed by atoms with E-state index in [1.54, 1.807) is 0 Å². The molecular formula is C15H14BrNO2. The van der Waals surface area contributed by atoms with Crippen LogP contribution in [-0.2, 0) is 0 Å². The van der Waals surface area contributed by atoms with Crippen LogP contribution in [0, 0.1) is 6.92 Å². The number of aliphatic hydroxyl groups excluding tert-OH is 1. The molecule has 1 aromatic carbocycles. The van der Waals surface area contributed by atoms with Gasteiger partial charge in [0.2, 0.25) is 0 Å². The molecule has 0 bridgehead atoms. The minimum Gasteiger partial charge on any atom is -0.484 e. The first kappa shape index (κ1) is 12.6. The van der Waals surface area contributed by atoms with Gasteiger partial charge in [0.25, 0.3) is 0 Å². The first-order valence-corrected chi connectivity index (χ1v) is 7.00. The second-order valence-electron chi connectivity index (χ2n) is 4.74. The van der Waals surface area contributed by atoms with Gasteiger partial charge < -0.3 is 9.84 Å². The van der Waals surface area contributed by atoms with Gasteiger partial charge >= 0.3 is 0 Å². The number of aromatic nitrogens is 1. The Morgan fingerprint density at radius 1 is 1.32 bits per heavy atom. The fourth-order valence-electron chi connectivity index (χ4n) is 2.34. The number of ether oxygens (including phenoxy) is 1. The van der Waals surface area contributed by atoms with Crippen molar-refractivity contribution in [2.75, 3.05) is 0 Å². The van der Waals surface area contributed by atoms with Gasteiger partial charge in [-0.15, -0.1) is 0 Å². The number of hydrogen-bond acceptors (Lipinski definition) is 3. The van der Waals surface area contributed by atoms with Crippen LogP contribution >= 0.6 is 15.9 Å². The highest BCUT2D eigenvalue weighted by molar-refractivity contribution is 9.10. The Kier molecular flexibility index (Phi) is 3.29. The van der Waals surface area contributed by atoms with Crippen molar-refractivity contribution in [2.24, 2.45) is 0 Å². The lowest BCUT2D eigenvalue weighted by Crippen LogP contribution is -2.20. The average molecular weight is 320 g/mol. The highest BCUT2D eigenvalue weighted by Gasteiger charge is 2.28. The molecule has 0 aliphatic carbocycles. The standard InChI is InChI=1S/C15H14BrNO2/c1-9-3-2-4-12(17-9)15-8-13(18)11-7-10(16)5-6-14(11)19-15/h2-7,13,15,18H,8H2,1H3. The van der Waals surface area contributed by atoms with Gasteiger partial charge in [-0.2, -0.15) is 0 Å². The summed E-state index contributed by atoms with van der Waals surface area (Å²) in [7, 11) is 0. The van der Waals surface area contributed by atoms with Crippen molar-refractivity contribution in [1.29, 1.82) is 0 Å². The Morgan fingerprint density at radius 3 is 2.95 bits per heavy atom. The van der Waals surface area contributed by atoms with Crippen molar-refractivity contribution in [3.63, 3.8) is 0 Å². The van der Waals surface area contributed by atoms with Crippen molar-refractivity contribution in [3.8, 4) is 5.75 Å². The maximum Gasteiger partial charge on any atom is 0.143 e. The van der Waals surface area contributed by atoms with E-state index < -0.39 is 6.10 Å². The second kappa shape index (κ2) is 4.94. The topological polar surface area (TPSA) is 42.4 Å². The molecule has 0 fully saturated rings. The minimum absolute atomic E-state index is 0.191. The lowest BCUT2D eigenvalue weighted by atomic mass is 9.97. The number of nitrogens with zero attached hydrogens (tertiary/aromatic N) is 1. The first-order valence-electron chi connectivity index (χ1n) is 6.21. The molecule has 0 saturated carbocycles. The van der Waals surface area contributed by atoms with E-state index in [9.17, 15) is 5.11 Å². The van der Waals surface area contributed by atoms with Crippen LogP contribution < -0.4 is 4.74 Å². The quantitative estimate of drug-likeness (QED) is 0.871. The Labute approximate surface area is 120 Å². The molecule has 2 heterocycles. The molecule has 1 aliphatic rings. The molecule has 1 N–H and O–H groups in total. The van der Waals surface area contributed by atoms with E-state index in [1.165, 1.54) is 0 Å². The van der Waals surface area contributed by atoms with Gasteiger partial charge in [-0.3, -0.25) is 4.98 Å². The summed E-state index contributed by atoms with van der Waals surface area (Å²) in [4.78, 5) is 4.48. The van der Waals surface area contributed by atoms with E-state index in [0.717, 1.165) is 27.2 Å². The summed E-state index contributed by atoms with van der Waals surface area (Å²) in [5, 5.41) is 10.3. The normalized spacial score (nSPS) is 21.6. The number of aryl methyl sites for hydroxylation is 1. The molecule has 4 heteroatoms. The van der Waals surface area contributed by atoms with Crippen LogP contribution in [0.4, 0.5) is 0 Å². The fourth-order valence-corrected chi connectivity index (χ4v) is 2.72. The fraction of sp³-hybridized carbons (Fsp3) is 0.267. The van der Waals surface area contributed by atoms with Gasteiger partial charge in [-0.1, -0.05) is 22.0 Å². The third kappa shape index (κ3) is 2.51. The van der Waals surface area contributed by atoms with Gasteiger partial charge in [-0.25, -0.2) is 0 Å². The van der Waals surface area contributed by atoms with Crippen molar-refractivity contribution in [2.45, 2.75) is 25.6 Å². The average Bonchev–Trinajstić information content (AvgIpc) is 2.39. The Morgan fingerprint density at radius 2 is 2.16 bits per heavy atom. The summed E-state index contributed by atoms with van der Waals surface area (Å²) in [5.74, 6) is 0.732. The number of pyridine rings is 1. The van der Waals surface area contributed by atoms with Gasteiger partial charge in [-0.05, 0) is 37.3 Å². The molecular weight excluding hydrogens is 306 g/mol. The highest BCUT2D eigenvalue weighted by Crippen LogP contribution is 2.41. The monoisotopic (exact) mass is 319 g/mol. The smallest absolute Gasteiger partial charge is 0.143 e. The zero-order valence-corrected chi connectivity index (χ0v) is 12.1. The van der Waals surface area contributed by atoms with Crippen LogP contribution in [0.25, 0.3) is 0 Å². The van der Waals surface area contributed by atoms with Gasteiger partial charge in [0.15, 0.2) is 0 Å². The molecule has 3 rings (SSSR count). The van der Waals surface area contributed by atoms with Crippen molar-refractivity contribution >= 4 is 15.9 Å². The zero-order valence-electron chi connectivity index (χ0n) is 10.5. The van der Waals surface area contributed by atoms with E-state index in [1.807, 2.05) is 43.3 Å². The molecule has 1 aliphatic heterocycles. The van der Waals surface area contributed by atoms with E-state index in [2.05, 4.69) is 20.9 Å². The van der Waals surface area contributed by atoms with Gasteiger partial charge in [0.05, 0.1) is 11.8 Å². The van der Waals surface area contributed by atoms with Crippen LogP contribution in [0.5, 0.6) is 5.75 Å². The van der Waals surface area contributed by atoms with E-state index in [4.69, 9.17) is 4.74 Å². The summed E-state index contributed by atoms with van der Waals surface area (Å²) in [6.45, 7) is 1.95. The van der Waals surface area contributed by atoms with Crippen molar-refractivity contribution < 1.29 is 9.84 Å². The van der Waals surface area contributed by atoms with Crippen molar-refractivity contribution in [1.82, 2.24) is 4.98 Å². The van der Waals surface area contributed by atoms with Crippen molar-refractivity contribution in [3.05, 3.63) is 57.8 Å². The largest absolute Gasteiger partial charge is 0.484 e. The molecule has 2 atom stereocenters. The highest BCUT2D eigenvalue weighted by atomic mass is 79.9. The molecule has 0 spiro atoms. The van der Waals surface area contributed by atoms with Gasteiger partial charge in [0, 0.05) is 22.2 Å². The first-order chi connectivity index (χ1) is 9.13. The molecule has 0 amide bonds. The summed E-state index contributed by atoms with van der Waals surface area (Å²) in [5.41, 5.74) is 2.66. The molecule has 2 aromatic rings. The lowest BCUT2D eigenvalue weighted by molar-refractivity contribution is 0.0635. The molecule has 19 heavy (non-hydrogen) atoms.